The number of likely N-dealkylation sites (N-methyl/N-ethyl adjacent to an activating group) is 1. The Hall–Kier alpha value is -1.55. The summed E-state index contributed by atoms with van der Waals surface area (Å²) in [6, 6.07) is 6.94. The van der Waals surface area contributed by atoms with Crippen LogP contribution >= 0.6 is 0 Å². The van der Waals surface area contributed by atoms with Gasteiger partial charge in [0.05, 0.1) is 11.7 Å². The molecule has 1 aliphatic heterocycles. The molecule has 4 nitrogen and oxygen atoms in total. The Morgan fingerprint density at radius 3 is 3.29 bits per heavy atom. The molecule has 1 aromatic carbocycles. The van der Waals surface area contributed by atoms with Crippen molar-refractivity contribution in [2.24, 2.45) is 0 Å². The molecule has 1 aromatic heterocycles. The molecule has 0 bridgehead atoms. The lowest BCUT2D eigenvalue weighted by molar-refractivity contribution is 0.261. The largest absolute Gasteiger partial charge is 0.381 e. The first-order valence-electron chi connectivity index (χ1n) is 6.19. The smallest absolute Gasteiger partial charge is 0.0670 e. The van der Waals surface area contributed by atoms with E-state index in [2.05, 4.69) is 45.7 Å². The quantitative estimate of drug-likeness (QED) is 0.830. The second kappa shape index (κ2) is 4.37. The van der Waals surface area contributed by atoms with Crippen LogP contribution in [-0.4, -0.2) is 41.3 Å². The van der Waals surface area contributed by atoms with Crippen molar-refractivity contribution >= 4 is 16.6 Å². The first kappa shape index (κ1) is 10.6. The highest BCUT2D eigenvalue weighted by molar-refractivity contribution is 5.81. The van der Waals surface area contributed by atoms with Crippen LogP contribution in [0, 0.1) is 0 Å². The van der Waals surface area contributed by atoms with Gasteiger partial charge in [-0.2, -0.15) is 5.10 Å². The Balaban J connectivity index is 1.75. The van der Waals surface area contributed by atoms with Crippen molar-refractivity contribution in [2.45, 2.75) is 18.9 Å². The summed E-state index contributed by atoms with van der Waals surface area (Å²) >= 11 is 0. The van der Waals surface area contributed by atoms with Gasteiger partial charge in [0.1, 0.15) is 0 Å². The zero-order valence-electron chi connectivity index (χ0n) is 10.1. The van der Waals surface area contributed by atoms with Gasteiger partial charge in [-0.25, -0.2) is 0 Å². The lowest BCUT2D eigenvalue weighted by Crippen LogP contribution is -2.39. The number of nitrogens with one attached hydrogen (secondary N) is 2. The summed E-state index contributed by atoms with van der Waals surface area (Å²) in [6.07, 6.45) is 4.39. The highest BCUT2D eigenvalue weighted by Gasteiger charge is 2.16. The highest BCUT2D eigenvalue weighted by atomic mass is 15.1. The van der Waals surface area contributed by atoms with Gasteiger partial charge in [0.15, 0.2) is 0 Å². The lowest BCUT2D eigenvalue weighted by atomic mass is 10.1. The third-order valence-corrected chi connectivity index (χ3v) is 3.44. The molecule has 17 heavy (non-hydrogen) atoms. The van der Waals surface area contributed by atoms with E-state index in [1.165, 1.54) is 25.1 Å². The number of aromatic amines is 1. The van der Waals surface area contributed by atoms with Crippen molar-refractivity contribution in [1.82, 2.24) is 15.1 Å². The average molecular weight is 230 g/mol. The number of benzene rings is 1. The zero-order valence-corrected chi connectivity index (χ0v) is 10.1. The summed E-state index contributed by atoms with van der Waals surface area (Å²) in [7, 11) is 2.19. The van der Waals surface area contributed by atoms with E-state index in [-0.39, 0.29) is 0 Å². The van der Waals surface area contributed by atoms with E-state index in [0.29, 0.717) is 6.04 Å². The number of fused-ring (bicyclic) bond motifs is 1. The molecule has 0 saturated carbocycles. The Kier molecular flexibility index (Phi) is 2.73. The minimum atomic E-state index is 0.564. The van der Waals surface area contributed by atoms with Gasteiger partial charge in [0.2, 0.25) is 0 Å². The number of anilines is 1. The summed E-state index contributed by atoms with van der Waals surface area (Å²) in [5.74, 6) is 0. The van der Waals surface area contributed by atoms with Gasteiger partial charge in [-0.15, -0.1) is 0 Å². The molecule has 1 atom stereocenters. The summed E-state index contributed by atoms with van der Waals surface area (Å²) < 4.78 is 0. The number of hydrogen-bond donors (Lipinski definition) is 2. The zero-order chi connectivity index (χ0) is 11.7. The number of rotatable bonds is 2. The van der Waals surface area contributed by atoms with Gasteiger partial charge in [0, 0.05) is 23.7 Å². The molecule has 1 aliphatic rings. The molecule has 1 unspecified atom stereocenters. The van der Waals surface area contributed by atoms with Gasteiger partial charge < -0.3 is 10.2 Å². The van der Waals surface area contributed by atoms with Crippen LogP contribution in [0.1, 0.15) is 12.8 Å². The standard InChI is InChI=1S/C13H18N4/c1-17-6-2-3-12(9-17)15-11-5-4-10-8-14-16-13(10)7-11/h4-5,7-8,12,15H,2-3,6,9H2,1H3,(H,14,16). The van der Waals surface area contributed by atoms with Gasteiger partial charge >= 0.3 is 0 Å². The molecule has 2 aromatic rings. The predicted octanol–water partition coefficient (Wildman–Crippen LogP) is 2.07. The second-order valence-corrected chi connectivity index (χ2v) is 4.92. The molecule has 1 saturated heterocycles. The molecule has 2 N–H and O–H groups in total. The van der Waals surface area contributed by atoms with Crippen LogP contribution in [0.25, 0.3) is 10.9 Å². The molecule has 0 aliphatic carbocycles. The van der Waals surface area contributed by atoms with Crippen molar-refractivity contribution in [3.8, 4) is 0 Å². The molecular weight excluding hydrogens is 212 g/mol. The van der Waals surface area contributed by atoms with E-state index in [1.54, 1.807) is 0 Å². The number of aromatic nitrogens is 2. The maximum atomic E-state index is 4.04. The Labute approximate surface area is 101 Å². The minimum absolute atomic E-state index is 0.564. The molecule has 0 amide bonds. The van der Waals surface area contributed by atoms with Crippen LogP contribution in [-0.2, 0) is 0 Å². The third kappa shape index (κ3) is 2.26. The Morgan fingerprint density at radius 2 is 2.41 bits per heavy atom. The normalized spacial score (nSPS) is 21.8. The maximum Gasteiger partial charge on any atom is 0.0670 e. The monoisotopic (exact) mass is 230 g/mol. The predicted molar refractivity (Wildman–Crippen MR) is 70.2 cm³/mol. The van der Waals surface area contributed by atoms with E-state index < -0.39 is 0 Å². The van der Waals surface area contributed by atoms with Crippen molar-refractivity contribution in [1.29, 1.82) is 0 Å². The van der Waals surface area contributed by atoms with Crippen LogP contribution in [0.5, 0.6) is 0 Å². The first-order valence-corrected chi connectivity index (χ1v) is 6.19. The van der Waals surface area contributed by atoms with E-state index >= 15 is 0 Å². The fourth-order valence-electron chi connectivity index (χ4n) is 2.55. The second-order valence-electron chi connectivity index (χ2n) is 4.92. The van der Waals surface area contributed by atoms with E-state index in [4.69, 9.17) is 0 Å². The van der Waals surface area contributed by atoms with Crippen molar-refractivity contribution < 1.29 is 0 Å². The first-order chi connectivity index (χ1) is 8.31. The van der Waals surface area contributed by atoms with Crippen LogP contribution in [0.4, 0.5) is 5.69 Å². The summed E-state index contributed by atoms with van der Waals surface area (Å²) in [5.41, 5.74) is 2.28. The summed E-state index contributed by atoms with van der Waals surface area (Å²) in [5, 5.41) is 11.8. The molecular formula is C13H18N4. The molecule has 0 spiro atoms. The van der Waals surface area contributed by atoms with Gasteiger partial charge in [-0.05, 0) is 44.6 Å². The van der Waals surface area contributed by atoms with Crippen molar-refractivity contribution in [3.05, 3.63) is 24.4 Å². The Morgan fingerprint density at radius 1 is 1.47 bits per heavy atom. The maximum absolute atomic E-state index is 4.04. The van der Waals surface area contributed by atoms with E-state index in [0.717, 1.165) is 17.4 Å². The van der Waals surface area contributed by atoms with E-state index in [1.807, 2.05) is 6.20 Å². The van der Waals surface area contributed by atoms with Gasteiger partial charge in [-0.1, -0.05) is 0 Å². The van der Waals surface area contributed by atoms with E-state index in [9.17, 15) is 0 Å². The molecule has 4 heteroatoms. The van der Waals surface area contributed by atoms with Crippen molar-refractivity contribution in [2.75, 3.05) is 25.5 Å². The molecule has 1 fully saturated rings. The van der Waals surface area contributed by atoms with Crippen molar-refractivity contribution in [3.63, 3.8) is 0 Å². The number of piperidine rings is 1. The lowest BCUT2D eigenvalue weighted by Gasteiger charge is -2.30. The minimum Gasteiger partial charge on any atom is -0.381 e. The number of H-pyrrole nitrogens is 1. The van der Waals surface area contributed by atoms with Crippen LogP contribution in [0.2, 0.25) is 0 Å². The number of hydrogen-bond acceptors (Lipinski definition) is 3. The van der Waals surface area contributed by atoms with Crippen LogP contribution < -0.4 is 5.32 Å². The highest BCUT2D eigenvalue weighted by Crippen LogP contribution is 2.19. The van der Waals surface area contributed by atoms with Gasteiger partial charge in [0.25, 0.3) is 0 Å². The summed E-state index contributed by atoms with van der Waals surface area (Å²) in [4.78, 5) is 2.38. The van der Waals surface area contributed by atoms with Crippen LogP contribution in [0.15, 0.2) is 24.4 Å². The van der Waals surface area contributed by atoms with Gasteiger partial charge in [-0.3, -0.25) is 5.10 Å². The summed E-state index contributed by atoms with van der Waals surface area (Å²) in [6.45, 7) is 2.35. The number of likely N-dealkylation sites (tertiary alicyclic amines) is 1. The molecule has 0 radical (unpaired) electrons. The van der Waals surface area contributed by atoms with Crippen LogP contribution in [0.3, 0.4) is 0 Å². The molecule has 2 heterocycles. The third-order valence-electron chi connectivity index (χ3n) is 3.44. The number of nitrogens with zero attached hydrogens (tertiary/aromatic N) is 2. The SMILES string of the molecule is CN1CCCC(Nc2ccc3cn[nH]c3c2)C1. The Bertz CT molecular complexity index is 505. The fourth-order valence-corrected chi connectivity index (χ4v) is 2.55. The molecule has 3 rings (SSSR count). The average Bonchev–Trinajstić information content (AvgIpc) is 2.76. The topological polar surface area (TPSA) is 44.0 Å². The fraction of sp³-hybridized carbons (Fsp3) is 0.462. The molecule has 90 valence electrons.